The van der Waals surface area contributed by atoms with E-state index in [0.29, 0.717) is 6.10 Å². The first-order chi connectivity index (χ1) is 13.9. The lowest BCUT2D eigenvalue weighted by Gasteiger charge is -2.53. The molecule has 0 heterocycles. The van der Waals surface area contributed by atoms with Gasteiger partial charge in [0.2, 0.25) is 0 Å². The van der Waals surface area contributed by atoms with Gasteiger partial charge < -0.3 is 9.16 Å². The van der Waals surface area contributed by atoms with Crippen LogP contribution >= 0.6 is 0 Å². The zero-order valence-electron chi connectivity index (χ0n) is 20.4. The number of allylic oxidation sites excluding steroid dienone is 1. The predicted molar refractivity (Wildman–Crippen MR) is 125 cm³/mol. The van der Waals surface area contributed by atoms with Gasteiger partial charge in [0.05, 0.1) is 0 Å². The number of ether oxygens (including phenoxy) is 1. The molecule has 0 amide bonds. The van der Waals surface area contributed by atoms with Gasteiger partial charge in [0, 0.05) is 18.4 Å². The zero-order chi connectivity index (χ0) is 21.9. The van der Waals surface area contributed by atoms with Crippen molar-refractivity contribution in [2.75, 3.05) is 0 Å². The van der Waals surface area contributed by atoms with Crippen LogP contribution in [0.1, 0.15) is 86.0 Å². The summed E-state index contributed by atoms with van der Waals surface area (Å²) in [5, 5.41) is 0.282. The van der Waals surface area contributed by atoms with E-state index < -0.39 is 8.32 Å². The minimum Gasteiger partial charge on any atom is -0.462 e. The van der Waals surface area contributed by atoms with Gasteiger partial charge in [-0.25, -0.2) is 0 Å². The number of hydrogen-bond donors (Lipinski definition) is 0. The van der Waals surface area contributed by atoms with Crippen LogP contribution in [0.3, 0.4) is 0 Å². The molecule has 3 saturated carbocycles. The molecule has 0 aliphatic heterocycles. The van der Waals surface area contributed by atoms with Gasteiger partial charge in [0.1, 0.15) is 6.10 Å². The monoisotopic (exact) mass is 432 g/mol. The molecule has 4 heteroatoms. The molecule has 0 bridgehead atoms. The number of carbonyl (C=O) groups is 1. The summed E-state index contributed by atoms with van der Waals surface area (Å²) >= 11 is 0. The maximum absolute atomic E-state index is 11.6. The first-order valence-electron chi connectivity index (χ1n) is 12.5. The molecule has 7 atom stereocenters. The lowest BCUT2D eigenvalue weighted by Crippen LogP contribution is -2.49. The topological polar surface area (TPSA) is 35.5 Å². The van der Waals surface area contributed by atoms with Crippen LogP contribution in [0.5, 0.6) is 0 Å². The van der Waals surface area contributed by atoms with E-state index in [4.69, 9.17) is 9.16 Å². The molecule has 170 valence electrons. The van der Waals surface area contributed by atoms with Crippen molar-refractivity contribution in [1.29, 1.82) is 0 Å². The molecule has 0 N–H and O–H groups in total. The third-order valence-electron chi connectivity index (χ3n) is 9.89. The van der Waals surface area contributed by atoms with Crippen molar-refractivity contribution in [2.24, 2.45) is 29.1 Å². The molecule has 0 aromatic carbocycles. The second-order valence-corrected chi connectivity index (χ2v) is 17.3. The molecule has 7 unspecified atom stereocenters. The molecule has 3 nitrogen and oxygen atoms in total. The Morgan fingerprint density at radius 3 is 2.50 bits per heavy atom. The van der Waals surface area contributed by atoms with Gasteiger partial charge in [-0.1, -0.05) is 39.3 Å². The Bertz CT molecular complexity index is 706. The predicted octanol–water partition coefficient (Wildman–Crippen LogP) is 6.88. The molecule has 0 saturated heterocycles. The smallest absolute Gasteiger partial charge is 0.302 e. The summed E-state index contributed by atoms with van der Waals surface area (Å²) in [5.41, 5.74) is 1.91. The Kier molecular flexibility index (Phi) is 5.84. The van der Waals surface area contributed by atoms with Crippen LogP contribution in [0.15, 0.2) is 11.6 Å². The summed E-state index contributed by atoms with van der Waals surface area (Å²) in [4.78, 5) is 11.6. The molecule has 4 aliphatic carbocycles. The van der Waals surface area contributed by atoms with E-state index in [-0.39, 0.29) is 22.5 Å². The SMILES string of the molecule is CC(=O)OC1CCC2C3CC=C4CC(O[Si](C)(C)C(C)(C)C)CCC4C3CCC12C. The maximum atomic E-state index is 11.6. The molecule has 4 aliphatic rings. The first kappa shape index (κ1) is 22.6. The van der Waals surface area contributed by atoms with Crippen molar-refractivity contribution in [3.8, 4) is 0 Å². The highest BCUT2D eigenvalue weighted by atomic mass is 28.4. The summed E-state index contributed by atoms with van der Waals surface area (Å²) in [6.07, 6.45) is 13.0. The van der Waals surface area contributed by atoms with E-state index in [1.807, 2.05) is 0 Å². The van der Waals surface area contributed by atoms with Gasteiger partial charge in [-0.3, -0.25) is 4.79 Å². The quantitative estimate of drug-likeness (QED) is 0.277. The fourth-order valence-electron chi connectivity index (χ4n) is 7.27. The molecule has 0 radical (unpaired) electrons. The van der Waals surface area contributed by atoms with E-state index in [1.54, 1.807) is 12.5 Å². The minimum absolute atomic E-state index is 0.102. The van der Waals surface area contributed by atoms with E-state index in [2.05, 4.69) is 46.9 Å². The lowest BCUT2D eigenvalue weighted by molar-refractivity contribution is -0.155. The van der Waals surface area contributed by atoms with Crippen molar-refractivity contribution >= 4 is 14.3 Å². The highest BCUT2D eigenvalue weighted by Crippen LogP contribution is 2.62. The summed E-state index contributed by atoms with van der Waals surface area (Å²) in [5.74, 6) is 3.03. The highest BCUT2D eigenvalue weighted by Gasteiger charge is 2.57. The third kappa shape index (κ3) is 3.85. The summed E-state index contributed by atoms with van der Waals surface area (Å²) in [7, 11) is -1.70. The largest absolute Gasteiger partial charge is 0.462 e. The Hall–Kier alpha value is -0.613. The summed E-state index contributed by atoms with van der Waals surface area (Å²) in [6.45, 7) is 15.8. The molecular weight excluding hydrogens is 388 g/mol. The van der Waals surface area contributed by atoms with E-state index in [0.717, 1.165) is 30.1 Å². The van der Waals surface area contributed by atoms with E-state index >= 15 is 0 Å². The van der Waals surface area contributed by atoms with Crippen molar-refractivity contribution in [1.82, 2.24) is 0 Å². The molecule has 0 aromatic rings. The standard InChI is InChI=1S/C26H44O3Si/c1-17(27)28-24-13-12-23-22-10-8-18-16-19(29-30(6,7)25(2,3)4)9-11-20(18)21(22)14-15-26(23,24)5/h8,19-24H,9-16H2,1-7H3. The molecule has 30 heavy (non-hydrogen) atoms. The fourth-order valence-corrected chi connectivity index (χ4v) is 8.66. The van der Waals surface area contributed by atoms with Gasteiger partial charge in [0.15, 0.2) is 8.32 Å². The zero-order valence-corrected chi connectivity index (χ0v) is 21.4. The minimum atomic E-state index is -1.70. The van der Waals surface area contributed by atoms with Crippen LogP contribution in [0.25, 0.3) is 0 Å². The van der Waals surface area contributed by atoms with E-state index in [1.165, 1.54) is 44.9 Å². The lowest BCUT2D eigenvalue weighted by atomic mass is 9.53. The molecule has 0 spiro atoms. The van der Waals surface area contributed by atoms with Gasteiger partial charge >= 0.3 is 5.97 Å². The second-order valence-electron chi connectivity index (χ2n) is 12.6. The molecule has 3 fully saturated rings. The molecular formula is C26H44O3Si. The highest BCUT2D eigenvalue weighted by molar-refractivity contribution is 6.74. The average molecular weight is 433 g/mol. The fraction of sp³-hybridized carbons (Fsp3) is 0.885. The Balaban J connectivity index is 1.46. The number of carbonyl (C=O) groups excluding carboxylic acids is 1. The van der Waals surface area contributed by atoms with Gasteiger partial charge in [0.25, 0.3) is 0 Å². The van der Waals surface area contributed by atoms with Crippen molar-refractivity contribution in [3.63, 3.8) is 0 Å². The Morgan fingerprint density at radius 2 is 1.83 bits per heavy atom. The number of rotatable bonds is 3. The van der Waals surface area contributed by atoms with Crippen LogP contribution in [0.4, 0.5) is 0 Å². The third-order valence-corrected chi connectivity index (χ3v) is 14.4. The second kappa shape index (κ2) is 7.76. The van der Waals surface area contributed by atoms with Gasteiger partial charge in [-0.2, -0.15) is 0 Å². The van der Waals surface area contributed by atoms with Crippen molar-refractivity contribution < 1.29 is 14.0 Å². The van der Waals surface area contributed by atoms with Gasteiger partial charge in [-0.15, -0.1) is 0 Å². The Morgan fingerprint density at radius 1 is 1.10 bits per heavy atom. The first-order valence-corrected chi connectivity index (χ1v) is 15.4. The van der Waals surface area contributed by atoms with Crippen LogP contribution < -0.4 is 0 Å². The number of fused-ring (bicyclic) bond motifs is 5. The molecule has 0 aromatic heterocycles. The molecule has 4 rings (SSSR count). The van der Waals surface area contributed by atoms with Crippen LogP contribution in [-0.2, 0) is 14.0 Å². The number of esters is 1. The van der Waals surface area contributed by atoms with Crippen LogP contribution in [-0.4, -0.2) is 26.5 Å². The normalized spacial score (nSPS) is 41.4. The Labute approximate surface area is 185 Å². The maximum Gasteiger partial charge on any atom is 0.302 e. The van der Waals surface area contributed by atoms with Crippen molar-refractivity contribution in [3.05, 3.63) is 11.6 Å². The summed E-state index contributed by atoms with van der Waals surface area (Å²) in [6, 6.07) is 0. The number of hydrogen-bond acceptors (Lipinski definition) is 3. The summed E-state index contributed by atoms with van der Waals surface area (Å²) < 4.78 is 12.6. The van der Waals surface area contributed by atoms with Gasteiger partial charge in [-0.05, 0) is 93.2 Å². The van der Waals surface area contributed by atoms with Crippen molar-refractivity contribution in [2.45, 2.75) is 116 Å². The van der Waals surface area contributed by atoms with E-state index in [9.17, 15) is 4.79 Å². The average Bonchev–Trinajstić information content (AvgIpc) is 2.96. The van der Waals surface area contributed by atoms with Crippen LogP contribution in [0, 0.1) is 29.1 Å². The van der Waals surface area contributed by atoms with Crippen LogP contribution in [0.2, 0.25) is 18.1 Å².